The van der Waals surface area contributed by atoms with Crippen LogP contribution >= 0.6 is 0 Å². The first kappa shape index (κ1) is 18.6. The minimum absolute atomic E-state index is 0.500. The molecule has 0 amide bonds. The number of methoxy groups -OCH3 is 1. The number of piperidine rings is 1. The number of fused-ring (bicyclic) bond motifs is 1. The predicted molar refractivity (Wildman–Crippen MR) is 112 cm³/mol. The molecular weight excluding hydrogens is 330 g/mol. The quantitative estimate of drug-likeness (QED) is 0.657. The number of likely N-dealkylation sites (tertiary alicyclic amines) is 1. The van der Waals surface area contributed by atoms with Gasteiger partial charge in [0.25, 0.3) is 0 Å². The predicted octanol–water partition coefficient (Wildman–Crippen LogP) is 5.88. The van der Waals surface area contributed by atoms with Crippen molar-refractivity contribution in [2.75, 3.05) is 20.2 Å². The van der Waals surface area contributed by atoms with E-state index in [1.165, 1.54) is 62.7 Å². The van der Waals surface area contributed by atoms with E-state index in [1.807, 2.05) is 0 Å². The third-order valence-electron chi connectivity index (χ3n) is 7.24. The molecule has 4 rings (SSSR count). The van der Waals surface area contributed by atoms with Crippen LogP contribution in [0.5, 0.6) is 5.75 Å². The second-order valence-corrected chi connectivity index (χ2v) is 8.66. The van der Waals surface area contributed by atoms with E-state index in [0.29, 0.717) is 11.5 Å². The molecule has 2 nitrogen and oxygen atoms in total. The van der Waals surface area contributed by atoms with E-state index in [2.05, 4.69) is 66.4 Å². The van der Waals surface area contributed by atoms with Gasteiger partial charge in [-0.25, -0.2) is 0 Å². The monoisotopic (exact) mass is 363 g/mol. The van der Waals surface area contributed by atoms with Crippen LogP contribution in [-0.2, 0) is 6.42 Å². The van der Waals surface area contributed by atoms with E-state index in [-0.39, 0.29) is 0 Å². The molecule has 0 bridgehead atoms. The van der Waals surface area contributed by atoms with Crippen LogP contribution in [0.25, 0.3) is 0 Å². The highest BCUT2D eigenvalue weighted by Gasteiger charge is 2.44. The van der Waals surface area contributed by atoms with Crippen LogP contribution in [0, 0.1) is 11.3 Å². The zero-order chi connectivity index (χ0) is 18.7. The number of hydrogen-bond acceptors (Lipinski definition) is 2. The zero-order valence-electron chi connectivity index (χ0n) is 16.9. The van der Waals surface area contributed by atoms with Gasteiger partial charge in [0.2, 0.25) is 0 Å². The summed E-state index contributed by atoms with van der Waals surface area (Å²) in [6.07, 6.45) is 8.17. The molecule has 0 radical (unpaired) electrons. The van der Waals surface area contributed by atoms with Crippen molar-refractivity contribution in [2.45, 2.75) is 51.5 Å². The molecule has 144 valence electrons. The fourth-order valence-corrected chi connectivity index (χ4v) is 5.50. The molecule has 1 heterocycles. The molecule has 1 saturated carbocycles. The number of rotatable bonds is 5. The van der Waals surface area contributed by atoms with Gasteiger partial charge >= 0.3 is 0 Å². The molecule has 0 N–H and O–H groups in total. The van der Waals surface area contributed by atoms with E-state index in [0.717, 1.165) is 11.7 Å². The number of nitrogens with zero attached hydrogens (tertiary/aromatic N) is 1. The number of hydrogen-bond donors (Lipinski definition) is 0. The number of ether oxygens (including phenoxy) is 1. The van der Waals surface area contributed by atoms with Gasteiger partial charge in [-0.2, -0.15) is 0 Å². The molecule has 0 spiro atoms. The van der Waals surface area contributed by atoms with Crippen LogP contribution in [0.15, 0.2) is 54.6 Å². The molecule has 1 aliphatic heterocycles. The molecule has 2 aliphatic rings. The van der Waals surface area contributed by atoms with Crippen molar-refractivity contribution < 1.29 is 4.74 Å². The van der Waals surface area contributed by atoms with Crippen LogP contribution in [0.1, 0.15) is 56.2 Å². The summed E-state index contributed by atoms with van der Waals surface area (Å²) in [5.41, 5.74) is 3.43. The van der Waals surface area contributed by atoms with Crippen LogP contribution in [0.3, 0.4) is 0 Å². The zero-order valence-corrected chi connectivity index (χ0v) is 16.9. The second kappa shape index (κ2) is 8.06. The lowest BCUT2D eigenvalue weighted by molar-refractivity contribution is -0.0157. The summed E-state index contributed by atoms with van der Waals surface area (Å²) in [6, 6.07) is 20.3. The maximum absolute atomic E-state index is 5.34. The van der Waals surface area contributed by atoms with Crippen molar-refractivity contribution >= 4 is 0 Å². The fraction of sp³-hybridized carbons (Fsp3) is 0.520. The third kappa shape index (κ3) is 3.91. The van der Waals surface area contributed by atoms with Crippen LogP contribution < -0.4 is 4.74 Å². The summed E-state index contributed by atoms with van der Waals surface area (Å²) in [5, 5.41) is 0. The lowest BCUT2D eigenvalue weighted by atomic mass is 9.60. The topological polar surface area (TPSA) is 12.5 Å². The minimum Gasteiger partial charge on any atom is -0.497 e. The minimum atomic E-state index is 0.500. The summed E-state index contributed by atoms with van der Waals surface area (Å²) >= 11 is 0. The average molecular weight is 364 g/mol. The Balaban J connectivity index is 1.49. The lowest BCUT2D eigenvalue weighted by Gasteiger charge is -2.52. The maximum atomic E-state index is 5.34. The van der Waals surface area contributed by atoms with Gasteiger partial charge in [-0.05, 0) is 73.7 Å². The standard InChI is InChI=1S/C25H33NO/c1-20(22-8-4-3-5-9-22)26-17-16-25(15-7-6-10-23(25)19-26)18-21-11-13-24(27-2)14-12-21/h3-5,8-9,11-14,20,23H,6-7,10,15-19H2,1-2H3/t20-,23?,25?/m1/s1. The van der Waals surface area contributed by atoms with Gasteiger partial charge < -0.3 is 4.74 Å². The normalized spacial score (nSPS) is 27.0. The Bertz CT molecular complexity index is 726. The van der Waals surface area contributed by atoms with E-state index in [1.54, 1.807) is 7.11 Å². The Labute approximate surface area is 164 Å². The van der Waals surface area contributed by atoms with Crippen molar-refractivity contribution in [3.8, 4) is 5.75 Å². The molecule has 0 aromatic heterocycles. The smallest absolute Gasteiger partial charge is 0.118 e. The van der Waals surface area contributed by atoms with Gasteiger partial charge in [0, 0.05) is 12.6 Å². The molecule has 1 saturated heterocycles. The molecule has 2 aromatic carbocycles. The van der Waals surface area contributed by atoms with Crippen molar-refractivity contribution in [1.29, 1.82) is 0 Å². The van der Waals surface area contributed by atoms with Crippen LogP contribution in [0.2, 0.25) is 0 Å². The summed E-state index contributed by atoms with van der Waals surface area (Å²) in [5.74, 6) is 1.79. The van der Waals surface area contributed by atoms with Crippen molar-refractivity contribution in [1.82, 2.24) is 4.90 Å². The molecular formula is C25H33NO. The van der Waals surface area contributed by atoms with Gasteiger partial charge in [-0.15, -0.1) is 0 Å². The molecule has 2 aromatic rings. The largest absolute Gasteiger partial charge is 0.497 e. The van der Waals surface area contributed by atoms with Crippen molar-refractivity contribution in [2.24, 2.45) is 11.3 Å². The summed E-state index contributed by atoms with van der Waals surface area (Å²) < 4.78 is 5.34. The Kier molecular flexibility index (Phi) is 5.54. The summed E-state index contributed by atoms with van der Waals surface area (Å²) in [6.45, 7) is 4.86. The van der Waals surface area contributed by atoms with Gasteiger partial charge in [-0.3, -0.25) is 4.90 Å². The van der Waals surface area contributed by atoms with Gasteiger partial charge in [0.1, 0.15) is 5.75 Å². The fourth-order valence-electron chi connectivity index (χ4n) is 5.50. The van der Waals surface area contributed by atoms with Gasteiger partial charge in [0.05, 0.1) is 7.11 Å². The highest BCUT2D eigenvalue weighted by atomic mass is 16.5. The lowest BCUT2D eigenvalue weighted by Crippen LogP contribution is -2.50. The average Bonchev–Trinajstić information content (AvgIpc) is 2.74. The second-order valence-electron chi connectivity index (χ2n) is 8.66. The third-order valence-corrected chi connectivity index (χ3v) is 7.24. The first-order chi connectivity index (χ1) is 13.2. The molecule has 2 unspecified atom stereocenters. The Morgan fingerprint density at radius 1 is 1.04 bits per heavy atom. The van der Waals surface area contributed by atoms with Crippen LogP contribution in [-0.4, -0.2) is 25.1 Å². The molecule has 2 fully saturated rings. The molecule has 27 heavy (non-hydrogen) atoms. The maximum Gasteiger partial charge on any atom is 0.118 e. The highest BCUT2D eigenvalue weighted by Crippen LogP contribution is 2.50. The summed E-state index contributed by atoms with van der Waals surface area (Å²) in [4.78, 5) is 2.73. The summed E-state index contributed by atoms with van der Waals surface area (Å²) in [7, 11) is 1.74. The van der Waals surface area contributed by atoms with Crippen LogP contribution in [0.4, 0.5) is 0 Å². The van der Waals surface area contributed by atoms with Gasteiger partial charge in [0.15, 0.2) is 0 Å². The van der Waals surface area contributed by atoms with E-state index >= 15 is 0 Å². The highest BCUT2D eigenvalue weighted by molar-refractivity contribution is 5.28. The molecule has 2 heteroatoms. The molecule has 3 atom stereocenters. The molecule has 1 aliphatic carbocycles. The van der Waals surface area contributed by atoms with E-state index in [4.69, 9.17) is 4.74 Å². The first-order valence-electron chi connectivity index (χ1n) is 10.6. The number of benzene rings is 2. The Morgan fingerprint density at radius 2 is 1.81 bits per heavy atom. The SMILES string of the molecule is COc1ccc(CC23CCCCC2CN([C@H](C)c2ccccc2)CC3)cc1. The Morgan fingerprint density at radius 3 is 2.56 bits per heavy atom. The van der Waals surface area contributed by atoms with E-state index < -0.39 is 0 Å². The van der Waals surface area contributed by atoms with E-state index in [9.17, 15) is 0 Å². The first-order valence-corrected chi connectivity index (χ1v) is 10.6. The Hall–Kier alpha value is -1.80. The van der Waals surface area contributed by atoms with Gasteiger partial charge in [-0.1, -0.05) is 55.3 Å². The van der Waals surface area contributed by atoms with Crippen molar-refractivity contribution in [3.05, 3.63) is 65.7 Å². The van der Waals surface area contributed by atoms with Crippen molar-refractivity contribution in [3.63, 3.8) is 0 Å².